The zero-order valence-corrected chi connectivity index (χ0v) is 24.2. The van der Waals surface area contributed by atoms with Crippen LogP contribution in [-0.2, 0) is 28.8 Å². The van der Waals surface area contributed by atoms with Gasteiger partial charge in [0.05, 0.1) is 25.9 Å². The van der Waals surface area contributed by atoms with Gasteiger partial charge in [0, 0.05) is 13.1 Å². The predicted molar refractivity (Wildman–Crippen MR) is 151 cm³/mol. The van der Waals surface area contributed by atoms with Gasteiger partial charge in [-0.25, -0.2) is 4.79 Å². The van der Waals surface area contributed by atoms with Crippen molar-refractivity contribution in [1.29, 1.82) is 0 Å². The van der Waals surface area contributed by atoms with Gasteiger partial charge in [0.25, 0.3) is 0 Å². The summed E-state index contributed by atoms with van der Waals surface area (Å²) in [6.07, 6.45) is -0.795. The van der Waals surface area contributed by atoms with E-state index in [-0.39, 0.29) is 38.3 Å². The van der Waals surface area contributed by atoms with Crippen LogP contribution in [0.1, 0.15) is 32.6 Å². The van der Waals surface area contributed by atoms with Crippen molar-refractivity contribution < 1.29 is 54.3 Å². The molecule has 0 unspecified atom stereocenters. The van der Waals surface area contributed by atoms with Crippen molar-refractivity contribution in [2.45, 2.75) is 75.0 Å². The Morgan fingerprint density at radius 2 is 1.50 bits per heavy atom. The molecule has 0 bridgehead atoms. The van der Waals surface area contributed by atoms with Crippen LogP contribution in [0, 0.1) is 0 Å². The van der Waals surface area contributed by atoms with E-state index in [1.807, 2.05) is 0 Å². The van der Waals surface area contributed by atoms with Crippen LogP contribution in [0.3, 0.4) is 0 Å². The van der Waals surface area contributed by atoms with Crippen molar-refractivity contribution >= 4 is 41.5 Å². The van der Waals surface area contributed by atoms with Gasteiger partial charge >= 0.3 is 5.97 Å². The van der Waals surface area contributed by atoms with E-state index in [1.165, 1.54) is 0 Å². The lowest BCUT2D eigenvalue weighted by molar-refractivity contribution is -0.145. The Labute approximate surface area is 252 Å². The van der Waals surface area contributed by atoms with E-state index < -0.39 is 97.7 Å². The highest BCUT2D eigenvalue weighted by atomic mass is 16.4. The summed E-state index contributed by atoms with van der Waals surface area (Å²) in [5.41, 5.74) is 15.8. The molecule has 1 fully saturated rings. The minimum atomic E-state index is -1.73. The van der Waals surface area contributed by atoms with Crippen molar-refractivity contribution in [3.63, 3.8) is 0 Å². The first-order valence-corrected chi connectivity index (χ1v) is 13.7. The first-order chi connectivity index (χ1) is 20.7. The summed E-state index contributed by atoms with van der Waals surface area (Å²) in [6.45, 7) is -1.30. The number of carboxylic acids is 1. The van der Waals surface area contributed by atoms with Gasteiger partial charge in [-0.2, -0.15) is 0 Å². The molecule has 1 saturated heterocycles. The average molecular weight is 634 g/mol. The summed E-state index contributed by atoms with van der Waals surface area (Å²) in [6, 6.07) is -8.78. The molecular formula is C24H43N9O11. The smallest absolute Gasteiger partial charge is 0.326 e. The highest BCUT2D eigenvalue weighted by molar-refractivity contribution is 5.96. The average Bonchev–Trinajstić information content (AvgIpc) is 3.47. The molecule has 0 spiro atoms. The Bertz CT molecular complexity index is 1050. The molecule has 20 nitrogen and oxygen atoms in total. The Morgan fingerprint density at radius 1 is 0.886 bits per heavy atom. The lowest BCUT2D eigenvalue weighted by Crippen LogP contribution is -2.62. The van der Waals surface area contributed by atoms with Gasteiger partial charge in [0.2, 0.25) is 29.5 Å². The summed E-state index contributed by atoms with van der Waals surface area (Å²) < 4.78 is 0. The molecule has 1 aliphatic rings. The molecule has 44 heavy (non-hydrogen) atoms. The molecule has 0 aromatic carbocycles. The van der Waals surface area contributed by atoms with Crippen molar-refractivity contribution in [1.82, 2.24) is 26.2 Å². The van der Waals surface area contributed by atoms with Crippen molar-refractivity contribution in [3.8, 4) is 0 Å². The third kappa shape index (κ3) is 11.5. The Morgan fingerprint density at radius 3 is 2.02 bits per heavy atom. The number of aliphatic carboxylic acids is 1. The molecule has 1 rings (SSSR count). The second-order valence-corrected chi connectivity index (χ2v) is 10.0. The maximum absolute atomic E-state index is 13.3. The quantitative estimate of drug-likeness (QED) is 0.0379. The number of aliphatic hydroxyl groups excluding tert-OH is 4. The maximum atomic E-state index is 13.3. The Hall–Kier alpha value is -4.11. The maximum Gasteiger partial charge on any atom is 0.326 e. The van der Waals surface area contributed by atoms with Crippen LogP contribution >= 0.6 is 0 Å². The summed E-state index contributed by atoms with van der Waals surface area (Å²) in [5, 5.41) is 56.7. The number of aliphatic imine (C=N–C) groups is 1. The van der Waals surface area contributed by atoms with Crippen LogP contribution in [0.4, 0.5) is 0 Å². The first-order valence-electron chi connectivity index (χ1n) is 13.7. The minimum Gasteiger partial charge on any atom is -0.480 e. The summed E-state index contributed by atoms with van der Waals surface area (Å²) in [5.74, 6) is -6.34. The molecule has 0 radical (unpaired) electrons. The van der Waals surface area contributed by atoms with Crippen molar-refractivity contribution in [2.24, 2.45) is 22.2 Å². The molecule has 20 heteroatoms. The number of amides is 5. The number of guanidine groups is 1. The standard InChI is InChI=1S/C24H43N9O11/c1-11(37)17(32-19(39)14(9-35)30-18(38)12(25)8-34)21(41)31-15(10-36)22(42)33-7-3-5-16(33)20(40)29-13(23(43)44)4-2-6-28-24(26)27/h11-17,34-37H,2-10,25H2,1H3,(H,29,40)(H,30,38)(H,31,41)(H,32,39)(H,43,44)(H4,26,27,28)/t11-,12+,13+,14+,15+,16+,17+/m1/s1. The number of carbonyl (C=O) groups is 6. The molecule has 0 aromatic rings. The topological polar surface area (TPSA) is 345 Å². The predicted octanol–water partition coefficient (Wildman–Crippen LogP) is -7.26. The van der Waals surface area contributed by atoms with Gasteiger partial charge in [0.1, 0.15) is 36.3 Å². The minimum absolute atomic E-state index is 0.00461. The van der Waals surface area contributed by atoms with E-state index in [0.29, 0.717) is 6.42 Å². The number of aliphatic hydroxyl groups is 4. The summed E-state index contributed by atoms with van der Waals surface area (Å²) in [4.78, 5) is 80.1. The van der Waals surface area contributed by atoms with Crippen molar-refractivity contribution in [3.05, 3.63) is 0 Å². The summed E-state index contributed by atoms with van der Waals surface area (Å²) >= 11 is 0. The fourth-order valence-corrected chi connectivity index (χ4v) is 4.19. The number of rotatable bonds is 18. The molecule has 15 N–H and O–H groups in total. The highest BCUT2D eigenvalue weighted by Crippen LogP contribution is 2.19. The second-order valence-electron chi connectivity index (χ2n) is 10.0. The molecule has 0 aliphatic carbocycles. The molecule has 0 saturated carbocycles. The van der Waals surface area contributed by atoms with Gasteiger partial charge < -0.3 is 68.9 Å². The number of likely N-dealkylation sites (tertiary alicyclic amines) is 1. The second kappa shape index (κ2) is 18.5. The van der Waals surface area contributed by atoms with Crippen LogP contribution in [-0.4, -0.2) is 147 Å². The van der Waals surface area contributed by atoms with Gasteiger partial charge in [-0.1, -0.05) is 0 Å². The van der Waals surface area contributed by atoms with E-state index in [1.54, 1.807) is 0 Å². The number of carboxylic acid groups (broad SMARTS) is 1. The number of carbonyl (C=O) groups excluding carboxylic acids is 5. The fraction of sp³-hybridized carbons (Fsp3) is 0.708. The van der Waals surface area contributed by atoms with Gasteiger partial charge in [0.15, 0.2) is 5.96 Å². The van der Waals surface area contributed by atoms with Crippen molar-refractivity contribution in [2.75, 3.05) is 32.9 Å². The molecule has 0 aromatic heterocycles. The number of hydrogen-bond donors (Lipinski definition) is 12. The molecular weight excluding hydrogens is 590 g/mol. The zero-order valence-electron chi connectivity index (χ0n) is 24.2. The van der Waals surface area contributed by atoms with E-state index in [4.69, 9.17) is 22.3 Å². The molecule has 1 aliphatic heterocycles. The summed E-state index contributed by atoms with van der Waals surface area (Å²) in [7, 11) is 0. The number of nitrogens with zero attached hydrogens (tertiary/aromatic N) is 2. The van der Waals surface area contributed by atoms with E-state index in [2.05, 4.69) is 26.3 Å². The van der Waals surface area contributed by atoms with Crippen LogP contribution in [0.2, 0.25) is 0 Å². The van der Waals surface area contributed by atoms with Gasteiger partial charge in [-0.15, -0.1) is 0 Å². The third-order valence-electron chi connectivity index (χ3n) is 6.61. The number of hydrogen-bond acceptors (Lipinski definition) is 12. The Kier molecular flexibility index (Phi) is 16.0. The number of nitrogens with two attached hydrogens (primary N) is 3. The van der Waals surface area contributed by atoms with Crippen LogP contribution < -0.4 is 38.5 Å². The fourth-order valence-electron chi connectivity index (χ4n) is 4.19. The normalized spacial score (nSPS) is 18.5. The largest absolute Gasteiger partial charge is 0.480 e. The third-order valence-corrected chi connectivity index (χ3v) is 6.61. The first kappa shape index (κ1) is 37.9. The monoisotopic (exact) mass is 633 g/mol. The molecule has 7 atom stereocenters. The highest BCUT2D eigenvalue weighted by Gasteiger charge is 2.40. The zero-order chi connectivity index (χ0) is 33.6. The lowest BCUT2D eigenvalue weighted by atomic mass is 10.1. The molecule has 250 valence electrons. The molecule has 5 amide bonds. The van der Waals surface area contributed by atoms with Gasteiger partial charge in [-0.05, 0) is 32.6 Å². The van der Waals surface area contributed by atoms with Crippen LogP contribution in [0.15, 0.2) is 4.99 Å². The van der Waals surface area contributed by atoms with Crippen LogP contribution in [0.5, 0.6) is 0 Å². The lowest BCUT2D eigenvalue weighted by Gasteiger charge is -2.30. The van der Waals surface area contributed by atoms with E-state index in [9.17, 15) is 49.2 Å². The van der Waals surface area contributed by atoms with Crippen LogP contribution in [0.25, 0.3) is 0 Å². The van der Waals surface area contributed by atoms with E-state index in [0.717, 1.165) is 11.8 Å². The molecule has 1 heterocycles. The number of nitrogens with one attached hydrogen (secondary N) is 4. The SMILES string of the molecule is C[C@@H](O)[C@H](NC(=O)[C@H](CO)NC(=O)[C@@H](N)CO)C(=O)N[C@@H](CO)C(=O)N1CCC[C@H]1C(=O)N[C@@H](CCCN=C(N)N)C(=O)O. The Balaban J connectivity index is 2.94. The van der Waals surface area contributed by atoms with E-state index >= 15 is 0 Å². The van der Waals surface area contributed by atoms with Gasteiger partial charge in [-0.3, -0.25) is 29.0 Å².